The van der Waals surface area contributed by atoms with Crippen molar-refractivity contribution in [2.24, 2.45) is 11.3 Å². The monoisotopic (exact) mass is 368 g/mol. The lowest BCUT2D eigenvalue weighted by Crippen LogP contribution is -2.22. The summed E-state index contributed by atoms with van der Waals surface area (Å²) in [4.78, 5) is 0. The van der Waals surface area contributed by atoms with Crippen LogP contribution in [0.1, 0.15) is 55.9 Å². The highest BCUT2D eigenvalue weighted by Gasteiger charge is 2.38. The maximum Gasteiger partial charge on any atom is 0.0216 e. The van der Waals surface area contributed by atoms with E-state index in [4.69, 9.17) is 0 Å². The lowest BCUT2D eigenvalue weighted by atomic mass is 9.70. The van der Waals surface area contributed by atoms with Crippen molar-refractivity contribution in [3.05, 3.63) is 62.7 Å². The Hall–Kier alpha value is -1.08. The summed E-state index contributed by atoms with van der Waals surface area (Å²) in [7, 11) is 0. The van der Waals surface area contributed by atoms with Crippen LogP contribution in [0.15, 0.2) is 40.4 Å². The predicted molar refractivity (Wildman–Crippen MR) is 103 cm³/mol. The first-order chi connectivity index (χ1) is 11.0. The van der Waals surface area contributed by atoms with Crippen LogP contribution in [0.5, 0.6) is 0 Å². The number of allylic oxidation sites excluding steroid dienone is 6. The van der Waals surface area contributed by atoms with Crippen LogP contribution in [0.2, 0.25) is 0 Å². The van der Waals surface area contributed by atoms with Gasteiger partial charge in [0.05, 0.1) is 0 Å². The van der Waals surface area contributed by atoms with Gasteiger partial charge in [0.2, 0.25) is 0 Å². The van der Waals surface area contributed by atoms with Gasteiger partial charge < -0.3 is 0 Å². The Labute approximate surface area is 148 Å². The van der Waals surface area contributed by atoms with Gasteiger partial charge in [-0.15, -0.1) is 0 Å². The fourth-order valence-electron chi connectivity index (χ4n) is 4.95. The van der Waals surface area contributed by atoms with Gasteiger partial charge in [-0.25, -0.2) is 0 Å². The highest BCUT2D eigenvalue weighted by molar-refractivity contribution is 9.10. The van der Waals surface area contributed by atoms with Crippen molar-refractivity contribution < 1.29 is 0 Å². The lowest BCUT2D eigenvalue weighted by molar-refractivity contribution is 0.422. The van der Waals surface area contributed by atoms with E-state index in [1.54, 1.807) is 27.8 Å². The summed E-state index contributed by atoms with van der Waals surface area (Å²) in [6.07, 6.45) is 15.5. The van der Waals surface area contributed by atoms with Gasteiger partial charge in [0.25, 0.3) is 0 Å². The molecule has 0 aliphatic heterocycles. The Bertz CT molecular complexity index is 747. The average Bonchev–Trinajstić information content (AvgIpc) is 3.15. The smallest absolute Gasteiger partial charge is 0.0216 e. The highest BCUT2D eigenvalue weighted by atomic mass is 79.9. The van der Waals surface area contributed by atoms with Crippen molar-refractivity contribution >= 4 is 21.5 Å². The topological polar surface area (TPSA) is 0 Å². The van der Waals surface area contributed by atoms with Crippen LogP contribution >= 0.6 is 15.9 Å². The van der Waals surface area contributed by atoms with Crippen molar-refractivity contribution in [1.29, 1.82) is 0 Å². The Kier molecular flexibility index (Phi) is 3.68. The molecule has 0 heterocycles. The molecule has 3 aliphatic rings. The second kappa shape index (κ2) is 5.48. The van der Waals surface area contributed by atoms with Crippen LogP contribution in [-0.2, 0) is 19.3 Å². The summed E-state index contributed by atoms with van der Waals surface area (Å²) in [6, 6.07) is 2.43. The maximum atomic E-state index is 3.88. The van der Waals surface area contributed by atoms with Gasteiger partial charge in [0, 0.05) is 10.4 Å². The van der Waals surface area contributed by atoms with Crippen LogP contribution in [-0.4, -0.2) is 0 Å². The fourth-order valence-corrected chi connectivity index (χ4v) is 5.62. The molecule has 0 bridgehead atoms. The van der Waals surface area contributed by atoms with E-state index in [0.29, 0.717) is 5.92 Å². The molecule has 0 aromatic heterocycles. The third-order valence-corrected chi connectivity index (χ3v) is 6.79. The molecule has 1 aromatic rings. The predicted octanol–water partition coefficient (Wildman–Crippen LogP) is 6.43. The second-order valence-electron chi connectivity index (χ2n) is 7.90. The summed E-state index contributed by atoms with van der Waals surface area (Å²) in [5.74, 6) is 0.508. The van der Waals surface area contributed by atoms with Gasteiger partial charge in [-0.1, -0.05) is 59.7 Å². The van der Waals surface area contributed by atoms with E-state index in [1.165, 1.54) is 35.7 Å². The maximum absolute atomic E-state index is 3.88. The van der Waals surface area contributed by atoms with E-state index in [0.717, 1.165) is 6.42 Å². The summed E-state index contributed by atoms with van der Waals surface area (Å²) in [5.41, 5.74) is 9.71. The largest absolute Gasteiger partial charge is 0.0768 e. The highest BCUT2D eigenvalue weighted by Crippen LogP contribution is 2.52. The quantitative estimate of drug-likeness (QED) is 0.564. The molecule has 4 rings (SSSR count). The van der Waals surface area contributed by atoms with E-state index in [-0.39, 0.29) is 5.41 Å². The molecule has 1 aromatic carbocycles. The Morgan fingerprint density at radius 2 is 1.65 bits per heavy atom. The van der Waals surface area contributed by atoms with Gasteiger partial charge in [0.1, 0.15) is 0 Å². The third kappa shape index (κ3) is 2.31. The zero-order valence-electron chi connectivity index (χ0n) is 14.4. The molecule has 23 heavy (non-hydrogen) atoms. The van der Waals surface area contributed by atoms with Crippen LogP contribution < -0.4 is 0 Å². The number of benzene rings is 1. The Morgan fingerprint density at radius 3 is 2.35 bits per heavy atom. The molecule has 0 nitrogen and oxygen atoms in total. The number of fused-ring (bicyclic) bond motifs is 3. The van der Waals surface area contributed by atoms with E-state index in [9.17, 15) is 0 Å². The SMILES string of the molecule is CC1=C(C(C)(C)C2C=CC=C2)c2cc(Br)c3c(c2C1)CCCC3. The van der Waals surface area contributed by atoms with Crippen LogP contribution in [0.25, 0.3) is 5.57 Å². The van der Waals surface area contributed by atoms with Gasteiger partial charge in [-0.3, -0.25) is 0 Å². The van der Waals surface area contributed by atoms with Crippen molar-refractivity contribution in [2.45, 2.75) is 52.9 Å². The molecule has 0 saturated heterocycles. The molecular weight excluding hydrogens is 344 g/mol. The van der Waals surface area contributed by atoms with E-state index in [1.807, 2.05) is 0 Å². The van der Waals surface area contributed by atoms with Crippen LogP contribution in [0.4, 0.5) is 0 Å². The number of rotatable bonds is 2. The number of hydrogen-bond donors (Lipinski definition) is 0. The first-order valence-corrected chi connectivity index (χ1v) is 9.68. The standard InChI is InChI=1S/C22H25Br/c1-14-12-18-16-10-6-7-11-17(16)20(23)13-19(18)21(14)22(2,3)15-8-4-5-9-15/h4-5,8-9,13,15H,6-7,10-12H2,1-3H3. The lowest BCUT2D eigenvalue weighted by Gasteiger charge is -2.33. The van der Waals surface area contributed by atoms with Crippen molar-refractivity contribution in [2.75, 3.05) is 0 Å². The third-order valence-electron chi connectivity index (χ3n) is 6.08. The van der Waals surface area contributed by atoms with Gasteiger partial charge >= 0.3 is 0 Å². The molecule has 0 N–H and O–H groups in total. The zero-order chi connectivity index (χ0) is 16.2. The minimum Gasteiger partial charge on any atom is -0.0768 e. The summed E-state index contributed by atoms with van der Waals surface area (Å²) in [6.45, 7) is 7.18. The zero-order valence-corrected chi connectivity index (χ0v) is 16.0. The minimum absolute atomic E-state index is 0.154. The van der Waals surface area contributed by atoms with E-state index >= 15 is 0 Å². The summed E-state index contributed by atoms with van der Waals surface area (Å²) >= 11 is 3.88. The van der Waals surface area contributed by atoms with Crippen LogP contribution in [0, 0.1) is 11.3 Å². The molecule has 0 amide bonds. The molecule has 0 fully saturated rings. The normalized spacial score (nSPS) is 20.3. The molecule has 0 saturated carbocycles. The fraction of sp³-hybridized carbons (Fsp3) is 0.455. The van der Waals surface area contributed by atoms with Gasteiger partial charge in [-0.05, 0) is 78.3 Å². The van der Waals surface area contributed by atoms with E-state index in [2.05, 4.69) is 67.1 Å². The molecule has 0 radical (unpaired) electrons. The summed E-state index contributed by atoms with van der Waals surface area (Å²) in [5, 5.41) is 0. The minimum atomic E-state index is 0.154. The first-order valence-electron chi connectivity index (χ1n) is 8.89. The molecule has 0 unspecified atom stereocenters. The Balaban J connectivity index is 1.86. The van der Waals surface area contributed by atoms with Gasteiger partial charge in [0.15, 0.2) is 0 Å². The van der Waals surface area contributed by atoms with E-state index < -0.39 is 0 Å². The molecule has 1 heteroatoms. The molecule has 120 valence electrons. The molecule has 0 atom stereocenters. The molecular formula is C22H25Br. The number of hydrogen-bond acceptors (Lipinski definition) is 0. The molecule has 3 aliphatic carbocycles. The van der Waals surface area contributed by atoms with Crippen molar-refractivity contribution in [3.8, 4) is 0 Å². The second-order valence-corrected chi connectivity index (χ2v) is 8.75. The van der Waals surface area contributed by atoms with Crippen LogP contribution in [0.3, 0.4) is 0 Å². The summed E-state index contributed by atoms with van der Waals surface area (Å²) < 4.78 is 1.34. The number of halogens is 1. The first kappa shape index (κ1) is 15.4. The molecule has 0 spiro atoms. The van der Waals surface area contributed by atoms with Gasteiger partial charge in [-0.2, -0.15) is 0 Å². The Morgan fingerprint density at radius 1 is 1.00 bits per heavy atom. The van der Waals surface area contributed by atoms with Crippen molar-refractivity contribution in [3.63, 3.8) is 0 Å². The average molecular weight is 369 g/mol. The van der Waals surface area contributed by atoms with Crippen molar-refractivity contribution in [1.82, 2.24) is 0 Å².